The van der Waals surface area contributed by atoms with Gasteiger partial charge in [0, 0.05) is 11.5 Å². The molecule has 1 heterocycles. The number of para-hydroxylation sites is 1. The minimum absolute atomic E-state index is 0.288. The molecule has 0 amide bonds. The van der Waals surface area contributed by atoms with Crippen LogP contribution in [0.25, 0.3) is 11.3 Å². The van der Waals surface area contributed by atoms with E-state index in [1.165, 1.54) is 0 Å². The highest BCUT2D eigenvalue weighted by molar-refractivity contribution is 9.10. The number of halogens is 1. The van der Waals surface area contributed by atoms with E-state index in [1.807, 2.05) is 30.3 Å². The standard InChI is InChI=1S/C14H15BrN2O/c1-9(2)14-16-11(8-13(15)17-14)10-6-4-5-7-12(10)18-3/h4-9H,1-3H3. The second-order valence-corrected chi connectivity index (χ2v) is 5.10. The molecule has 0 spiro atoms. The van der Waals surface area contributed by atoms with Crippen molar-refractivity contribution in [3.8, 4) is 17.0 Å². The van der Waals surface area contributed by atoms with E-state index in [2.05, 4.69) is 39.7 Å². The average Bonchev–Trinajstić information content (AvgIpc) is 2.38. The third-order valence-corrected chi connectivity index (χ3v) is 3.02. The van der Waals surface area contributed by atoms with Gasteiger partial charge in [-0.3, -0.25) is 0 Å². The van der Waals surface area contributed by atoms with Gasteiger partial charge in [-0.1, -0.05) is 26.0 Å². The number of rotatable bonds is 3. The van der Waals surface area contributed by atoms with Gasteiger partial charge in [0.25, 0.3) is 0 Å². The summed E-state index contributed by atoms with van der Waals surface area (Å²) in [5.74, 6) is 1.93. The molecule has 2 aromatic rings. The van der Waals surface area contributed by atoms with Crippen LogP contribution in [0.1, 0.15) is 25.6 Å². The summed E-state index contributed by atoms with van der Waals surface area (Å²) < 4.78 is 6.16. The Balaban J connectivity index is 2.56. The number of nitrogens with zero attached hydrogens (tertiary/aromatic N) is 2. The van der Waals surface area contributed by atoms with Crippen molar-refractivity contribution in [3.05, 3.63) is 40.8 Å². The van der Waals surface area contributed by atoms with E-state index in [9.17, 15) is 0 Å². The van der Waals surface area contributed by atoms with Gasteiger partial charge in [0.05, 0.1) is 12.8 Å². The normalized spacial score (nSPS) is 10.7. The molecule has 94 valence electrons. The van der Waals surface area contributed by atoms with Gasteiger partial charge in [-0.25, -0.2) is 9.97 Å². The molecule has 0 unspecified atom stereocenters. The molecule has 0 aliphatic heterocycles. The Kier molecular flexibility index (Phi) is 3.97. The summed E-state index contributed by atoms with van der Waals surface area (Å²) in [6.45, 7) is 4.15. The van der Waals surface area contributed by atoms with Crippen LogP contribution in [0.5, 0.6) is 5.75 Å². The van der Waals surface area contributed by atoms with Gasteiger partial charge < -0.3 is 4.74 Å². The van der Waals surface area contributed by atoms with Crippen LogP contribution in [0, 0.1) is 0 Å². The third kappa shape index (κ3) is 2.70. The highest BCUT2D eigenvalue weighted by Gasteiger charge is 2.11. The Labute approximate surface area is 115 Å². The van der Waals surface area contributed by atoms with E-state index in [1.54, 1.807) is 7.11 Å². The Morgan fingerprint density at radius 1 is 1.17 bits per heavy atom. The SMILES string of the molecule is COc1ccccc1-c1cc(Br)nc(C(C)C)n1. The molecular weight excluding hydrogens is 292 g/mol. The predicted molar refractivity (Wildman–Crippen MR) is 75.8 cm³/mol. The van der Waals surface area contributed by atoms with Crippen LogP contribution in [-0.2, 0) is 0 Å². The summed E-state index contributed by atoms with van der Waals surface area (Å²) >= 11 is 3.43. The summed E-state index contributed by atoms with van der Waals surface area (Å²) in [4.78, 5) is 8.97. The number of methoxy groups -OCH3 is 1. The van der Waals surface area contributed by atoms with Crippen LogP contribution < -0.4 is 4.74 Å². The molecule has 0 saturated carbocycles. The maximum atomic E-state index is 5.36. The van der Waals surface area contributed by atoms with E-state index in [-0.39, 0.29) is 5.92 Å². The van der Waals surface area contributed by atoms with Crippen molar-refractivity contribution in [2.24, 2.45) is 0 Å². The first-order valence-corrected chi connectivity index (χ1v) is 6.59. The molecule has 0 fully saturated rings. The van der Waals surface area contributed by atoms with Crippen molar-refractivity contribution in [1.29, 1.82) is 0 Å². The molecule has 0 saturated heterocycles. The van der Waals surface area contributed by atoms with Crippen molar-refractivity contribution in [2.75, 3.05) is 7.11 Å². The summed E-state index contributed by atoms with van der Waals surface area (Å²) in [6.07, 6.45) is 0. The predicted octanol–water partition coefficient (Wildman–Crippen LogP) is 4.04. The van der Waals surface area contributed by atoms with Crippen molar-refractivity contribution < 1.29 is 4.74 Å². The Bertz CT molecular complexity index is 555. The number of benzene rings is 1. The van der Waals surface area contributed by atoms with E-state index in [0.29, 0.717) is 0 Å². The fourth-order valence-electron chi connectivity index (χ4n) is 1.69. The molecule has 1 aromatic heterocycles. The molecule has 0 atom stereocenters. The van der Waals surface area contributed by atoms with E-state index in [4.69, 9.17) is 4.74 Å². The average molecular weight is 307 g/mol. The molecule has 18 heavy (non-hydrogen) atoms. The fraction of sp³-hybridized carbons (Fsp3) is 0.286. The number of aromatic nitrogens is 2. The van der Waals surface area contributed by atoms with Gasteiger partial charge in [-0.15, -0.1) is 0 Å². The van der Waals surface area contributed by atoms with Crippen molar-refractivity contribution in [1.82, 2.24) is 9.97 Å². The molecule has 0 N–H and O–H groups in total. The number of ether oxygens (including phenoxy) is 1. The van der Waals surface area contributed by atoms with E-state index in [0.717, 1.165) is 27.4 Å². The zero-order valence-corrected chi connectivity index (χ0v) is 12.2. The zero-order valence-electron chi connectivity index (χ0n) is 10.6. The van der Waals surface area contributed by atoms with Gasteiger partial charge in [-0.05, 0) is 34.1 Å². The minimum Gasteiger partial charge on any atom is -0.496 e. The summed E-state index contributed by atoms with van der Waals surface area (Å²) in [5, 5.41) is 0. The van der Waals surface area contributed by atoms with Crippen LogP contribution in [-0.4, -0.2) is 17.1 Å². The third-order valence-electron chi connectivity index (χ3n) is 2.61. The largest absolute Gasteiger partial charge is 0.496 e. The van der Waals surface area contributed by atoms with Crippen LogP contribution in [0.3, 0.4) is 0 Å². The van der Waals surface area contributed by atoms with Crippen molar-refractivity contribution >= 4 is 15.9 Å². The lowest BCUT2D eigenvalue weighted by atomic mass is 10.1. The maximum absolute atomic E-state index is 5.36. The summed E-state index contributed by atoms with van der Waals surface area (Å²) in [6, 6.07) is 9.76. The monoisotopic (exact) mass is 306 g/mol. The maximum Gasteiger partial charge on any atom is 0.132 e. The fourth-order valence-corrected chi connectivity index (χ4v) is 2.09. The van der Waals surface area contributed by atoms with Crippen molar-refractivity contribution in [2.45, 2.75) is 19.8 Å². The molecule has 0 aliphatic rings. The molecule has 4 heteroatoms. The molecule has 0 aliphatic carbocycles. The van der Waals surface area contributed by atoms with Gasteiger partial charge in [0.2, 0.25) is 0 Å². The highest BCUT2D eigenvalue weighted by Crippen LogP contribution is 2.30. The number of hydrogen-bond donors (Lipinski definition) is 0. The Hall–Kier alpha value is -1.42. The second kappa shape index (κ2) is 5.48. The summed E-state index contributed by atoms with van der Waals surface area (Å²) in [7, 11) is 1.67. The van der Waals surface area contributed by atoms with E-state index >= 15 is 0 Å². The van der Waals surface area contributed by atoms with Gasteiger partial charge in [0.15, 0.2) is 0 Å². The van der Waals surface area contributed by atoms with Crippen LogP contribution in [0.4, 0.5) is 0 Å². The number of hydrogen-bond acceptors (Lipinski definition) is 3. The van der Waals surface area contributed by atoms with Gasteiger partial charge in [-0.2, -0.15) is 0 Å². The second-order valence-electron chi connectivity index (χ2n) is 4.29. The van der Waals surface area contributed by atoms with Gasteiger partial charge >= 0.3 is 0 Å². The molecule has 3 nitrogen and oxygen atoms in total. The minimum atomic E-state index is 0.288. The topological polar surface area (TPSA) is 35.0 Å². The first kappa shape index (κ1) is 13.0. The van der Waals surface area contributed by atoms with Crippen LogP contribution >= 0.6 is 15.9 Å². The first-order valence-electron chi connectivity index (χ1n) is 5.79. The lowest BCUT2D eigenvalue weighted by Gasteiger charge is -2.10. The molecule has 0 radical (unpaired) electrons. The lowest BCUT2D eigenvalue weighted by molar-refractivity contribution is 0.416. The van der Waals surface area contributed by atoms with Crippen LogP contribution in [0.2, 0.25) is 0 Å². The van der Waals surface area contributed by atoms with Crippen molar-refractivity contribution in [3.63, 3.8) is 0 Å². The lowest BCUT2D eigenvalue weighted by Crippen LogP contribution is -2.00. The quantitative estimate of drug-likeness (QED) is 0.803. The van der Waals surface area contributed by atoms with Gasteiger partial charge in [0.1, 0.15) is 16.2 Å². The Morgan fingerprint density at radius 2 is 1.89 bits per heavy atom. The molecule has 1 aromatic carbocycles. The summed E-state index contributed by atoms with van der Waals surface area (Å²) in [5.41, 5.74) is 1.85. The smallest absolute Gasteiger partial charge is 0.132 e. The van der Waals surface area contributed by atoms with E-state index < -0.39 is 0 Å². The Morgan fingerprint density at radius 3 is 2.56 bits per heavy atom. The van der Waals surface area contributed by atoms with Crippen LogP contribution in [0.15, 0.2) is 34.9 Å². The zero-order chi connectivity index (χ0) is 13.1. The molecule has 0 bridgehead atoms. The molecule has 2 rings (SSSR count). The molecular formula is C14H15BrN2O. The highest BCUT2D eigenvalue weighted by atomic mass is 79.9. The first-order chi connectivity index (χ1) is 8.61.